The first-order valence-corrected chi connectivity index (χ1v) is 5.83. The van der Waals surface area contributed by atoms with Crippen LogP contribution in [0.15, 0.2) is 30.3 Å². The highest BCUT2D eigenvalue weighted by Gasteiger charge is 2.10. The van der Waals surface area contributed by atoms with Crippen LogP contribution in [0, 0.1) is 0 Å². The van der Waals surface area contributed by atoms with Crippen molar-refractivity contribution in [1.29, 1.82) is 0 Å². The fourth-order valence-corrected chi connectivity index (χ4v) is 2.14. The first-order valence-electron chi connectivity index (χ1n) is 5.83. The Balaban J connectivity index is 2.31. The van der Waals surface area contributed by atoms with Gasteiger partial charge < -0.3 is 5.32 Å². The highest BCUT2D eigenvalue weighted by molar-refractivity contribution is 5.92. The van der Waals surface area contributed by atoms with Crippen LogP contribution in [0.25, 0.3) is 5.57 Å². The van der Waals surface area contributed by atoms with Gasteiger partial charge in [-0.25, -0.2) is 0 Å². The number of carbonyl (C=O) groups excluding carboxylic acids is 1. The van der Waals surface area contributed by atoms with Crippen LogP contribution < -0.4 is 5.32 Å². The summed E-state index contributed by atoms with van der Waals surface area (Å²) in [6, 6.07) is 8.03. The third kappa shape index (κ3) is 2.51. The Labute approximate surface area is 96.4 Å². The minimum Gasteiger partial charge on any atom is -0.326 e. The normalized spacial score (nSPS) is 15.4. The maximum atomic E-state index is 11.1. The van der Waals surface area contributed by atoms with Crippen molar-refractivity contribution in [2.75, 3.05) is 5.32 Å². The molecule has 0 saturated carbocycles. The Morgan fingerprint density at radius 3 is 2.75 bits per heavy atom. The van der Waals surface area contributed by atoms with Crippen molar-refractivity contribution in [3.05, 3.63) is 35.9 Å². The molecule has 1 aromatic carbocycles. The molecule has 0 aromatic heterocycles. The van der Waals surface area contributed by atoms with Crippen LogP contribution in [0.4, 0.5) is 5.69 Å². The van der Waals surface area contributed by atoms with Crippen LogP contribution in [-0.4, -0.2) is 5.91 Å². The maximum absolute atomic E-state index is 11.1. The van der Waals surface area contributed by atoms with Gasteiger partial charge in [0.15, 0.2) is 0 Å². The summed E-state index contributed by atoms with van der Waals surface area (Å²) in [5.41, 5.74) is 3.48. The lowest BCUT2D eigenvalue weighted by atomic mass is 9.92. The second-order valence-electron chi connectivity index (χ2n) is 4.20. The van der Waals surface area contributed by atoms with E-state index in [4.69, 9.17) is 0 Å². The van der Waals surface area contributed by atoms with E-state index in [1.54, 1.807) is 6.92 Å². The van der Waals surface area contributed by atoms with Crippen LogP contribution in [0.1, 0.15) is 38.2 Å². The smallest absolute Gasteiger partial charge is 0.221 e. The molecular formula is C14H17NO. The zero-order chi connectivity index (χ0) is 11.4. The summed E-state index contributed by atoms with van der Waals surface area (Å²) < 4.78 is 0. The van der Waals surface area contributed by atoms with Crippen molar-refractivity contribution in [3.63, 3.8) is 0 Å². The first kappa shape index (κ1) is 10.9. The van der Waals surface area contributed by atoms with E-state index in [1.807, 2.05) is 18.2 Å². The summed E-state index contributed by atoms with van der Waals surface area (Å²) in [7, 11) is 0. The van der Waals surface area contributed by atoms with E-state index in [2.05, 4.69) is 17.5 Å². The van der Waals surface area contributed by atoms with Gasteiger partial charge in [-0.3, -0.25) is 4.79 Å². The van der Waals surface area contributed by atoms with E-state index in [9.17, 15) is 4.79 Å². The van der Waals surface area contributed by atoms with Gasteiger partial charge in [-0.05, 0) is 37.3 Å². The zero-order valence-corrected chi connectivity index (χ0v) is 9.62. The molecule has 2 nitrogen and oxygen atoms in total. The third-order valence-corrected chi connectivity index (χ3v) is 2.87. The van der Waals surface area contributed by atoms with Gasteiger partial charge in [-0.1, -0.05) is 24.3 Å². The molecule has 2 heteroatoms. The van der Waals surface area contributed by atoms with Crippen LogP contribution in [0.3, 0.4) is 0 Å². The summed E-state index contributed by atoms with van der Waals surface area (Å²) in [5.74, 6) is -0.0103. The van der Waals surface area contributed by atoms with Crippen LogP contribution >= 0.6 is 0 Å². The minimum absolute atomic E-state index is 0.0103. The summed E-state index contributed by atoms with van der Waals surface area (Å²) in [4.78, 5) is 11.1. The number of rotatable bonds is 2. The van der Waals surface area contributed by atoms with Gasteiger partial charge in [-0.2, -0.15) is 0 Å². The molecule has 84 valence electrons. The second-order valence-corrected chi connectivity index (χ2v) is 4.20. The Kier molecular flexibility index (Phi) is 3.40. The van der Waals surface area contributed by atoms with Crippen molar-refractivity contribution >= 4 is 17.2 Å². The minimum atomic E-state index is -0.0103. The van der Waals surface area contributed by atoms with Crippen molar-refractivity contribution in [1.82, 2.24) is 0 Å². The van der Waals surface area contributed by atoms with Gasteiger partial charge in [0.25, 0.3) is 0 Å². The molecule has 0 fully saturated rings. The number of anilines is 1. The molecule has 0 bridgehead atoms. The molecule has 1 amide bonds. The van der Waals surface area contributed by atoms with Gasteiger partial charge in [0.05, 0.1) is 0 Å². The largest absolute Gasteiger partial charge is 0.326 e. The van der Waals surface area contributed by atoms with Crippen molar-refractivity contribution in [2.45, 2.75) is 32.6 Å². The van der Waals surface area contributed by atoms with E-state index in [-0.39, 0.29) is 5.91 Å². The summed E-state index contributed by atoms with van der Waals surface area (Å²) in [6.45, 7) is 1.55. The second kappa shape index (κ2) is 4.97. The first-order chi connectivity index (χ1) is 7.77. The number of benzene rings is 1. The van der Waals surface area contributed by atoms with Gasteiger partial charge in [0.2, 0.25) is 5.91 Å². The van der Waals surface area contributed by atoms with E-state index in [0.29, 0.717) is 0 Å². The summed E-state index contributed by atoms with van der Waals surface area (Å²) in [5, 5.41) is 2.89. The number of allylic oxidation sites excluding steroid dienone is 2. The zero-order valence-electron chi connectivity index (χ0n) is 9.62. The van der Waals surface area contributed by atoms with Gasteiger partial charge in [0.1, 0.15) is 0 Å². The van der Waals surface area contributed by atoms with E-state index < -0.39 is 0 Å². The van der Waals surface area contributed by atoms with Crippen molar-refractivity contribution in [2.24, 2.45) is 0 Å². The van der Waals surface area contributed by atoms with Gasteiger partial charge in [-0.15, -0.1) is 0 Å². The fourth-order valence-electron chi connectivity index (χ4n) is 2.14. The molecule has 1 aliphatic carbocycles. The quantitative estimate of drug-likeness (QED) is 0.802. The molecule has 0 radical (unpaired) electrons. The predicted octanol–water partition coefficient (Wildman–Crippen LogP) is 3.60. The topological polar surface area (TPSA) is 29.1 Å². The van der Waals surface area contributed by atoms with Crippen LogP contribution in [-0.2, 0) is 4.79 Å². The molecule has 2 rings (SSSR count). The van der Waals surface area contributed by atoms with Crippen molar-refractivity contribution in [3.8, 4) is 0 Å². The molecule has 1 aromatic rings. The van der Waals surface area contributed by atoms with Crippen molar-refractivity contribution < 1.29 is 4.79 Å². The molecule has 0 unspecified atom stereocenters. The molecule has 1 aliphatic rings. The fraction of sp³-hybridized carbons (Fsp3) is 0.357. The van der Waals surface area contributed by atoms with E-state index in [1.165, 1.54) is 24.0 Å². The highest BCUT2D eigenvalue weighted by atomic mass is 16.1. The monoisotopic (exact) mass is 215 g/mol. The van der Waals surface area contributed by atoms with E-state index >= 15 is 0 Å². The molecular weight excluding hydrogens is 198 g/mol. The van der Waals surface area contributed by atoms with Crippen LogP contribution in [0.2, 0.25) is 0 Å². The number of nitrogens with one attached hydrogen (secondary N) is 1. The van der Waals surface area contributed by atoms with Gasteiger partial charge >= 0.3 is 0 Å². The average molecular weight is 215 g/mol. The molecule has 16 heavy (non-hydrogen) atoms. The average Bonchev–Trinajstić information content (AvgIpc) is 2.30. The number of hydrogen-bond donors (Lipinski definition) is 1. The number of para-hydroxylation sites is 1. The van der Waals surface area contributed by atoms with Gasteiger partial charge in [0, 0.05) is 18.2 Å². The summed E-state index contributed by atoms with van der Waals surface area (Å²) in [6.07, 6.45) is 7.11. The number of amides is 1. The highest BCUT2D eigenvalue weighted by Crippen LogP contribution is 2.31. The number of carbonyl (C=O) groups is 1. The Hall–Kier alpha value is -1.57. The standard InChI is InChI=1S/C14H17NO/c1-11(16)15-14-10-6-5-9-13(14)12-7-3-2-4-8-12/h5-7,9-10H,2-4,8H2,1H3,(H,15,16). The van der Waals surface area contributed by atoms with Crippen LogP contribution in [0.5, 0.6) is 0 Å². The lowest BCUT2D eigenvalue weighted by molar-refractivity contribution is -0.114. The SMILES string of the molecule is CC(=O)Nc1ccccc1C1=CCCCC1. The number of hydrogen-bond acceptors (Lipinski definition) is 1. The molecule has 0 aliphatic heterocycles. The predicted molar refractivity (Wildman–Crippen MR) is 67.2 cm³/mol. The summed E-state index contributed by atoms with van der Waals surface area (Å²) >= 11 is 0. The molecule has 1 N–H and O–H groups in total. The maximum Gasteiger partial charge on any atom is 0.221 e. The molecule has 0 saturated heterocycles. The molecule has 0 atom stereocenters. The van der Waals surface area contributed by atoms with E-state index in [0.717, 1.165) is 18.5 Å². The lowest BCUT2D eigenvalue weighted by Gasteiger charge is -2.16. The molecule has 0 spiro atoms. The Morgan fingerprint density at radius 2 is 2.06 bits per heavy atom. The molecule has 0 heterocycles. The lowest BCUT2D eigenvalue weighted by Crippen LogP contribution is -2.08. The third-order valence-electron chi connectivity index (χ3n) is 2.87. The Morgan fingerprint density at radius 1 is 1.25 bits per heavy atom. The Bertz CT molecular complexity index is 420.